The van der Waals surface area contributed by atoms with Crippen molar-refractivity contribution in [2.24, 2.45) is 0 Å². The molecule has 0 radical (unpaired) electrons. The lowest BCUT2D eigenvalue weighted by molar-refractivity contribution is -0.115. The smallest absolute Gasteiger partial charge is 0.271 e. The number of carbonyl (C=O) groups is 1. The second kappa shape index (κ2) is 8.75. The van der Waals surface area contributed by atoms with Crippen LogP contribution in [-0.4, -0.2) is 20.9 Å². The molecule has 5 nitrogen and oxygen atoms in total. The molecule has 7 heteroatoms. The maximum atomic E-state index is 12.5. The zero-order valence-electron chi connectivity index (χ0n) is 15.8. The van der Waals surface area contributed by atoms with Gasteiger partial charge in [-0.05, 0) is 74.4 Å². The topological polar surface area (TPSA) is 64.0 Å². The Balaban J connectivity index is 1.76. The summed E-state index contributed by atoms with van der Waals surface area (Å²) >= 11 is 4.68. The molecule has 0 spiro atoms. The molecule has 2 aromatic carbocycles. The molecule has 144 valence electrons. The predicted molar refractivity (Wildman–Crippen MR) is 117 cm³/mol. The largest absolute Gasteiger partial charge is 0.325 e. The van der Waals surface area contributed by atoms with Crippen LogP contribution in [-0.2, 0) is 4.79 Å². The van der Waals surface area contributed by atoms with Crippen LogP contribution in [0.25, 0.3) is 5.69 Å². The van der Waals surface area contributed by atoms with Gasteiger partial charge >= 0.3 is 0 Å². The van der Waals surface area contributed by atoms with Crippen LogP contribution in [0.15, 0.2) is 68.9 Å². The van der Waals surface area contributed by atoms with Gasteiger partial charge in [0.2, 0.25) is 5.91 Å². The number of hydrogen-bond acceptors (Lipinski definition) is 4. The molecule has 0 aliphatic rings. The van der Waals surface area contributed by atoms with Crippen LogP contribution >= 0.6 is 27.7 Å². The van der Waals surface area contributed by atoms with Crippen LogP contribution in [0.1, 0.15) is 18.1 Å². The van der Waals surface area contributed by atoms with E-state index in [1.165, 1.54) is 22.5 Å². The molecule has 28 heavy (non-hydrogen) atoms. The fourth-order valence-corrected chi connectivity index (χ4v) is 3.58. The van der Waals surface area contributed by atoms with E-state index in [4.69, 9.17) is 0 Å². The van der Waals surface area contributed by atoms with Crippen molar-refractivity contribution in [1.29, 1.82) is 0 Å². The lowest BCUT2D eigenvalue weighted by Gasteiger charge is -2.13. The summed E-state index contributed by atoms with van der Waals surface area (Å²) in [6, 6.07) is 16.3. The number of anilines is 1. The Bertz CT molecular complexity index is 1060. The minimum atomic E-state index is -0.373. The Labute approximate surface area is 176 Å². The maximum Gasteiger partial charge on any atom is 0.271 e. The molecule has 0 saturated carbocycles. The van der Waals surface area contributed by atoms with Gasteiger partial charge in [-0.25, -0.2) is 0 Å². The van der Waals surface area contributed by atoms with Crippen molar-refractivity contribution in [3.8, 4) is 5.69 Å². The molecule has 1 heterocycles. The van der Waals surface area contributed by atoms with Gasteiger partial charge in [-0.1, -0.05) is 33.8 Å². The lowest BCUT2D eigenvalue weighted by atomic mass is 10.1. The number of carbonyl (C=O) groups excluding carboxylic acids is 1. The Morgan fingerprint density at radius 1 is 1.07 bits per heavy atom. The van der Waals surface area contributed by atoms with E-state index in [9.17, 15) is 9.59 Å². The average molecular weight is 458 g/mol. The summed E-state index contributed by atoms with van der Waals surface area (Å²) in [6.45, 7) is 5.83. The van der Waals surface area contributed by atoms with Crippen LogP contribution in [0.2, 0.25) is 0 Å². The third-order valence-corrected chi connectivity index (χ3v) is 5.84. The van der Waals surface area contributed by atoms with Crippen molar-refractivity contribution in [3.63, 3.8) is 0 Å². The van der Waals surface area contributed by atoms with E-state index in [1.54, 1.807) is 6.07 Å². The van der Waals surface area contributed by atoms with Crippen molar-refractivity contribution < 1.29 is 4.79 Å². The molecular weight excluding hydrogens is 438 g/mol. The molecule has 0 saturated heterocycles. The highest BCUT2D eigenvalue weighted by Crippen LogP contribution is 2.23. The number of benzene rings is 2. The third-order valence-electron chi connectivity index (χ3n) is 4.29. The number of nitrogens with zero attached hydrogens (tertiary/aromatic N) is 2. The van der Waals surface area contributed by atoms with Crippen LogP contribution in [0.5, 0.6) is 0 Å². The number of aromatic nitrogens is 2. The minimum Gasteiger partial charge on any atom is -0.325 e. The highest BCUT2D eigenvalue weighted by molar-refractivity contribution is 9.10. The molecule has 0 aliphatic carbocycles. The van der Waals surface area contributed by atoms with Crippen molar-refractivity contribution in [2.75, 3.05) is 5.32 Å². The SMILES string of the molecule is Cc1ccc(-n2nc(S[C@H](C)C(=O)Nc3ccc(Br)cc3)ccc2=O)cc1C. The van der Waals surface area contributed by atoms with Crippen molar-refractivity contribution in [2.45, 2.75) is 31.0 Å². The van der Waals surface area contributed by atoms with Crippen molar-refractivity contribution in [3.05, 3.63) is 80.6 Å². The van der Waals surface area contributed by atoms with E-state index in [0.717, 1.165) is 21.3 Å². The first-order valence-electron chi connectivity index (χ1n) is 8.74. The van der Waals surface area contributed by atoms with Gasteiger partial charge in [-0.2, -0.15) is 9.78 Å². The summed E-state index contributed by atoms with van der Waals surface area (Å²) in [6.07, 6.45) is 0. The van der Waals surface area contributed by atoms with Gasteiger partial charge in [0.15, 0.2) is 0 Å². The van der Waals surface area contributed by atoms with Crippen molar-refractivity contribution in [1.82, 2.24) is 9.78 Å². The van der Waals surface area contributed by atoms with E-state index in [-0.39, 0.29) is 16.7 Å². The first kappa shape index (κ1) is 20.4. The predicted octanol–water partition coefficient (Wildman–Crippen LogP) is 4.73. The molecule has 3 aromatic rings. The number of hydrogen-bond donors (Lipinski definition) is 1. The number of nitrogens with one attached hydrogen (secondary N) is 1. The van der Waals surface area contributed by atoms with E-state index in [2.05, 4.69) is 26.3 Å². The van der Waals surface area contributed by atoms with Crippen LogP contribution < -0.4 is 10.9 Å². The molecule has 1 N–H and O–H groups in total. The van der Waals surface area contributed by atoms with E-state index >= 15 is 0 Å². The third kappa shape index (κ3) is 4.91. The monoisotopic (exact) mass is 457 g/mol. The first-order valence-corrected chi connectivity index (χ1v) is 10.4. The number of rotatable bonds is 5. The molecular formula is C21H20BrN3O2S. The van der Waals surface area contributed by atoms with Gasteiger partial charge in [0, 0.05) is 16.2 Å². The standard InChI is InChI=1S/C21H20BrN3O2S/c1-13-4-9-18(12-14(13)2)25-20(26)11-10-19(24-25)28-15(3)21(27)23-17-7-5-16(22)6-8-17/h4-12,15H,1-3H3,(H,23,27)/t15-/m1/s1. The van der Waals surface area contributed by atoms with Gasteiger partial charge in [-0.3, -0.25) is 9.59 Å². The Morgan fingerprint density at radius 2 is 1.79 bits per heavy atom. The molecule has 0 unspecified atom stereocenters. The van der Waals surface area contributed by atoms with Crippen LogP contribution in [0, 0.1) is 13.8 Å². The van der Waals surface area contributed by atoms with Gasteiger partial charge in [0.05, 0.1) is 10.9 Å². The molecule has 0 fully saturated rings. The van der Waals surface area contributed by atoms with Crippen LogP contribution in [0.3, 0.4) is 0 Å². The Morgan fingerprint density at radius 3 is 2.46 bits per heavy atom. The van der Waals surface area contributed by atoms with Gasteiger partial charge in [-0.15, -0.1) is 0 Å². The van der Waals surface area contributed by atoms with Crippen molar-refractivity contribution >= 4 is 39.3 Å². The molecule has 3 rings (SSSR count). The van der Waals surface area contributed by atoms with E-state index in [0.29, 0.717) is 10.7 Å². The summed E-state index contributed by atoms with van der Waals surface area (Å²) in [4.78, 5) is 24.7. The van der Waals surface area contributed by atoms with Gasteiger partial charge in [0.25, 0.3) is 5.56 Å². The summed E-state index contributed by atoms with van der Waals surface area (Å²) in [5.74, 6) is -0.127. The molecule has 1 amide bonds. The average Bonchev–Trinajstić information content (AvgIpc) is 2.67. The molecule has 1 atom stereocenters. The number of thioether (sulfide) groups is 1. The zero-order chi connectivity index (χ0) is 20.3. The fraction of sp³-hybridized carbons (Fsp3) is 0.190. The number of amides is 1. The van der Waals surface area contributed by atoms with Crippen LogP contribution in [0.4, 0.5) is 5.69 Å². The van der Waals surface area contributed by atoms with Gasteiger partial charge < -0.3 is 5.32 Å². The number of aryl methyl sites for hydroxylation is 2. The second-order valence-electron chi connectivity index (χ2n) is 6.45. The highest BCUT2D eigenvalue weighted by atomic mass is 79.9. The normalized spacial score (nSPS) is 11.9. The summed E-state index contributed by atoms with van der Waals surface area (Å²) in [5.41, 5.74) is 3.47. The Kier molecular flexibility index (Phi) is 6.36. The second-order valence-corrected chi connectivity index (χ2v) is 8.72. The fourth-order valence-electron chi connectivity index (χ4n) is 2.51. The molecule has 1 aromatic heterocycles. The minimum absolute atomic E-state index is 0.127. The summed E-state index contributed by atoms with van der Waals surface area (Å²) in [7, 11) is 0. The Hall–Kier alpha value is -2.38. The highest BCUT2D eigenvalue weighted by Gasteiger charge is 2.16. The first-order chi connectivity index (χ1) is 13.3. The summed E-state index contributed by atoms with van der Waals surface area (Å²) < 4.78 is 2.32. The molecule has 0 aliphatic heterocycles. The molecule has 0 bridgehead atoms. The summed E-state index contributed by atoms with van der Waals surface area (Å²) in [5, 5.41) is 7.55. The zero-order valence-corrected chi connectivity index (χ0v) is 18.2. The van der Waals surface area contributed by atoms with E-state index in [1.807, 2.05) is 63.2 Å². The lowest BCUT2D eigenvalue weighted by Crippen LogP contribution is -2.24. The van der Waals surface area contributed by atoms with Gasteiger partial charge in [0.1, 0.15) is 5.03 Å². The maximum absolute atomic E-state index is 12.5. The number of halogens is 1. The van der Waals surface area contributed by atoms with E-state index < -0.39 is 0 Å². The quantitative estimate of drug-likeness (QED) is 0.562.